The molecule has 5 rings (SSSR count). The third-order valence-corrected chi connectivity index (χ3v) is 12.3. The molecular weight excluding hydrogens is 637 g/mol. The van der Waals surface area contributed by atoms with Crippen molar-refractivity contribution in [2.24, 2.45) is 0 Å². The Labute approximate surface area is 316 Å². The van der Waals surface area contributed by atoms with Crippen molar-refractivity contribution in [2.45, 2.75) is 181 Å². The van der Waals surface area contributed by atoms with Crippen LogP contribution in [0.2, 0.25) is 0 Å². The summed E-state index contributed by atoms with van der Waals surface area (Å²) in [6.07, 6.45) is 24.4. The molecule has 0 spiro atoms. The summed E-state index contributed by atoms with van der Waals surface area (Å²) in [5, 5.41) is 6.28. The molecule has 0 saturated heterocycles. The van der Waals surface area contributed by atoms with Crippen molar-refractivity contribution in [1.29, 1.82) is 0 Å². The number of carbonyl (C=O) groups excluding carboxylic acids is 2. The maximum Gasteiger partial charge on any atom is 0.221 e. The third-order valence-electron chi connectivity index (χ3n) is 12.3. The number of carbonyl (C=O) groups is 2. The van der Waals surface area contributed by atoms with E-state index in [1.165, 1.54) is 147 Å². The van der Waals surface area contributed by atoms with E-state index in [0.29, 0.717) is 0 Å². The maximum absolute atomic E-state index is 12.3. The molecule has 0 bridgehead atoms. The van der Waals surface area contributed by atoms with E-state index in [9.17, 15) is 9.59 Å². The molecule has 4 nitrogen and oxygen atoms in total. The second kappa shape index (κ2) is 18.6. The van der Waals surface area contributed by atoms with E-state index in [2.05, 4.69) is 86.9 Å². The molecule has 0 saturated carbocycles. The molecule has 0 radical (unpaired) electrons. The molecule has 0 heterocycles. The minimum atomic E-state index is -0.0839. The largest absolute Gasteiger partial charge is 0.326 e. The van der Waals surface area contributed by atoms with Crippen molar-refractivity contribution in [3.8, 4) is 22.3 Å². The van der Waals surface area contributed by atoms with Crippen LogP contribution in [0.1, 0.15) is 192 Å². The van der Waals surface area contributed by atoms with E-state index in [1.807, 2.05) is 0 Å². The third kappa shape index (κ3) is 8.53. The predicted octanol–water partition coefficient (Wildman–Crippen LogP) is 14.0. The highest BCUT2D eigenvalue weighted by atomic mass is 16.2. The van der Waals surface area contributed by atoms with Gasteiger partial charge in [0.05, 0.1) is 0 Å². The van der Waals surface area contributed by atoms with E-state index in [1.54, 1.807) is 13.8 Å². The van der Waals surface area contributed by atoms with Gasteiger partial charge in [0.2, 0.25) is 11.8 Å². The average Bonchev–Trinajstić information content (AvgIpc) is 3.53. The molecule has 2 amide bonds. The van der Waals surface area contributed by atoms with Crippen LogP contribution < -0.4 is 10.6 Å². The molecule has 282 valence electrons. The Kier molecular flexibility index (Phi) is 14.2. The minimum absolute atomic E-state index is 0.0166. The first-order valence-electron chi connectivity index (χ1n) is 21.3. The molecule has 0 unspecified atom stereocenters. The van der Waals surface area contributed by atoms with Gasteiger partial charge in [-0.3, -0.25) is 9.59 Å². The van der Waals surface area contributed by atoms with Crippen molar-refractivity contribution in [2.75, 3.05) is 10.6 Å². The van der Waals surface area contributed by atoms with Gasteiger partial charge in [0.25, 0.3) is 0 Å². The Morgan fingerprint density at radius 1 is 0.423 bits per heavy atom. The van der Waals surface area contributed by atoms with Gasteiger partial charge >= 0.3 is 0 Å². The molecule has 0 fully saturated rings. The van der Waals surface area contributed by atoms with Crippen LogP contribution in [0.5, 0.6) is 0 Å². The SMILES string of the molecule is CCCCCCC1(CCCCCC)c2cc(NC(C)=O)ccc2-c2cc3c(cc21)-c1ccc(NC(C)=O)cc1C3(CCCCCC)CCCCCC. The second-order valence-electron chi connectivity index (χ2n) is 16.2. The second-order valence-corrected chi connectivity index (χ2v) is 16.2. The molecule has 2 N–H and O–H groups in total. The molecule has 0 aromatic heterocycles. The smallest absolute Gasteiger partial charge is 0.221 e. The summed E-state index contributed by atoms with van der Waals surface area (Å²) in [7, 11) is 0. The predicted molar refractivity (Wildman–Crippen MR) is 223 cm³/mol. The molecule has 3 aromatic rings. The first-order valence-corrected chi connectivity index (χ1v) is 21.3. The Bertz CT molecular complexity index is 1520. The first kappa shape index (κ1) is 39.8. The summed E-state index contributed by atoms with van der Waals surface area (Å²) in [4.78, 5) is 24.6. The zero-order chi connectivity index (χ0) is 37.1. The van der Waals surface area contributed by atoms with Gasteiger partial charge in [-0.05, 0) is 107 Å². The van der Waals surface area contributed by atoms with E-state index in [-0.39, 0.29) is 22.6 Å². The number of hydrogen-bond donors (Lipinski definition) is 2. The van der Waals surface area contributed by atoms with Gasteiger partial charge in [0.15, 0.2) is 0 Å². The standard InChI is InChI=1S/C48H68N2O2/c1-7-11-15-19-27-47(28-20-16-12-8-2)43-31-37(49-35(5)51)23-25-39(43)41-34-46-42(33-45(41)47)40-26-24-38(50-36(6)52)32-44(40)48(46,29-21-17-13-9-3)30-22-18-14-10-4/h23-26,31-34H,7-22,27-30H2,1-6H3,(H,49,51)(H,50,52). The normalized spacial score (nSPS) is 14.4. The van der Waals surface area contributed by atoms with Crippen LogP contribution in [0.4, 0.5) is 11.4 Å². The van der Waals surface area contributed by atoms with Gasteiger partial charge < -0.3 is 10.6 Å². The molecule has 0 atom stereocenters. The number of nitrogens with one attached hydrogen (secondary N) is 2. The molecule has 2 aliphatic rings. The Morgan fingerprint density at radius 2 is 0.731 bits per heavy atom. The highest BCUT2D eigenvalue weighted by Gasteiger charge is 2.48. The maximum atomic E-state index is 12.3. The number of fused-ring (bicyclic) bond motifs is 6. The monoisotopic (exact) mass is 705 g/mol. The van der Waals surface area contributed by atoms with Crippen LogP contribution in [-0.4, -0.2) is 11.8 Å². The summed E-state index contributed by atoms with van der Waals surface area (Å²) < 4.78 is 0. The van der Waals surface area contributed by atoms with Gasteiger partial charge in [-0.2, -0.15) is 0 Å². The number of unbranched alkanes of at least 4 members (excludes halogenated alkanes) is 12. The minimum Gasteiger partial charge on any atom is -0.326 e. The summed E-state index contributed by atoms with van der Waals surface area (Å²) in [5.41, 5.74) is 13.0. The fourth-order valence-electron chi connectivity index (χ4n) is 9.78. The fraction of sp³-hybridized carbons (Fsp3) is 0.583. The summed E-state index contributed by atoms with van der Waals surface area (Å²) >= 11 is 0. The lowest BCUT2D eigenvalue weighted by Crippen LogP contribution is -2.27. The van der Waals surface area contributed by atoms with E-state index in [0.717, 1.165) is 37.1 Å². The topological polar surface area (TPSA) is 58.2 Å². The van der Waals surface area contributed by atoms with Crippen LogP contribution >= 0.6 is 0 Å². The van der Waals surface area contributed by atoms with E-state index >= 15 is 0 Å². The van der Waals surface area contributed by atoms with E-state index in [4.69, 9.17) is 0 Å². The summed E-state index contributed by atoms with van der Waals surface area (Å²) in [6, 6.07) is 18.8. The molecule has 52 heavy (non-hydrogen) atoms. The Hall–Kier alpha value is -3.40. The first-order chi connectivity index (χ1) is 25.2. The lowest BCUT2D eigenvalue weighted by atomic mass is 9.68. The Balaban J connectivity index is 1.75. The molecule has 4 heteroatoms. The highest BCUT2D eigenvalue weighted by Crippen LogP contribution is 2.61. The fourth-order valence-corrected chi connectivity index (χ4v) is 9.78. The highest BCUT2D eigenvalue weighted by molar-refractivity contribution is 5.94. The van der Waals surface area contributed by atoms with Crippen LogP contribution in [-0.2, 0) is 20.4 Å². The molecule has 3 aromatic carbocycles. The van der Waals surface area contributed by atoms with Crippen LogP contribution in [0.3, 0.4) is 0 Å². The van der Waals surface area contributed by atoms with Gasteiger partial charge in [-0.1, -0.05) is 143 Å². The Morgan fingerprint density at radius 3 is 1.02 bits per heavy atom. The quantitative estimate of drug-likeness (QED) is 0.102. The van der Waals surface area contributed by atoms with E-state index < -0.39 is 0 Å². The van der Waals surface area contributed by atoms with Crippen LogP contribution in [0.25, 0.3) is 22.3 Å². The lowest BCUT2D eigenvalue weighted by molar-refractivity contribution is -0.115. The van der Waals surface area contributed by atoms with Crippen molar-refractivity contribution in [1.82, 2.24) is 0 Å². The summed E-state index contributed by atoms with van der Waals surface area (Å²) in [5.74, 6) is -0.0332. The molecule has 0 aliphatic heterocycles. The van der Waals surface area contributed by atoms with Gasteiger partial charge in [-0.15, -0.1) is 0 Å². The lowest BCUT2D eigenvalue weighted by Gasteiger charge is -2.35. The van der Waals surface area contributed by atoms with Crippen LogP contribution in [0, 0.1) is 0 Å². The number of hydrogen-bond acceptors (Lipinski definition) is 2. The molecular formula is C48H68N2O2. The van der Waals surface area contributed by atoms with Crippen molar-refractivity contribution in [3.05, 3.63) is 70.8 Å². The number of anilines is 2. The zero-order valence-corrected chi connectivity index (χ0v) is 33.6. The number of amides is 2. The average molecular weight is 705 g/mol. The number of benzene rings is 3. The van der Waals surface area contributed by atoms with Gasteiger partial charge in [0, 0.05) is 36.1 Å². The van der Waals surface area contributed by atoms with Gasteiger partial charge in [0.1, 0.15) is 0 Å². The van der Waals surface area contributed by atoms with Crippen molar-refractivity contribution >= 4 is 23.2 Å². The summed E-state index contributed by atoms with van der Waals surface area (Å²) in [6.45, 7) is 12.4. The van der Waals surface area contributed by atoms with Crippen molar-refractivity contribution in [3.63, 3.8) is 0 Å². The zero-order valence-electron chi connectivity index (χ0n) is 33.6. The van der Waals surface area contributed by atoms with Crippen LogP contribution in [0.15, 0.2) is 48.5 Å². The van der Waals surface area contributed by atoms with Crippen molar-refractivity contribution < 1.29 is 9.59 Å². The molecule has 2 aliphatic carbocycles. The van der Waals surface area contributed by atoms with Gasteiger partial charge in [-0.25, -0.2) is 0 Å². The number of rotatable bonds is 22.